The minimum atomic E-state index is -0.0164. The van der Waals surface area contributed by atoms with Crippen molar-refractivity contribution in [3.05, 3.63) is 70.8 Å². The number of benzene rings is 2. The molecule has 0 spiro atoms. The highest BCUT2D eigenvalue weighted by Gasteiger charge is 2.39. The Bertz CT molecular complexity index is 889. The summed E-state index contributed by atoms with van der Waals surface area (Å²) in [5, 5.41) is 3.13. The number of rotatable bonds is 10. The van der Waals surface area contributed by atoms with Crippen LogP contribution in [0.3, 0.4) is 0 Å². The quantitative estimate of drug-likeness (QED) is 0.432. The highest BCUT2D eigenvalue weighted by Crippen LogP contribution is 2.28. The van der Waals surface area contributed by atoms with Gasteiger partial charge >= 0.3 is 0 Å². The summed E-state index contributed by atoms with van der Waals surface area (Å²) < 4.78 is 0.680. The van der Waals surface area contributed by atoms with E-state index in [1.165, 1.54) is 16.7 Å². The Balaban J connectivity index is 1.78. The summed E-state index contributed by atoms with van der Waals surface area (Å²) >= 11 is 0. The number of hydrogen-bond acceptors (Lipinski definition) is 2. The molecule has 0 saturated carbocycles. The number of Topliss-reactive ketones (excluding diaryl/α,β-unsaturated/α-hetero) is 1. The first-order valence-electron chi connectivity index (χ1n) is 12.2. The van der Waals surface area contributed by atoms with Gasteiger partial charge in [0.1, 0.15) is 13.1 Å². The summed E-state index contributed by atoms with van der Waals surface area (Å²) in [7, 11) is 0. The number of piperidine rings is 1. The fourth-order valence-corrected chi connectivity index (χ4v) is 5.14. The summed E-state index contributed by atoms with van der Waals surface area (Å²) in [6, 6.07) is 16.6. The number of ketones is 1. The molecule has 172 valence electrons. The second-order valence-corrected chi connectivity index (χ2v) is 9.62. The molecule has 0 bridgehead atoms. The van der Waals surface area contributed by atoms with Gasteiger partial charge in [0, 0.05) is 18.5 Å². The SMILES string of the molecule is CCCCNC(=O)C1CCC[N+](CC(=O)Cc2c(C)cccc2C)(Cc2ccccc2)C1. The zero-order chi connectivity index (χ0) is 23.0. The van der Waals surface area contributed by atoms with Crippen molar-refractivity contribution in [2.75, 3.05) is 26.2 Å². The van der Waals surface area contributed by atoms with Crippen molar-refractivity contribution in [2.24, 2.45) is 5.92 Å². The molecule has 4 nitrogen and oxygen atoms in total. The number of likely N-dealkylation sites (tertiary alicyclic amines) is 1. The molecular formula is C28H39N2O2+. The van der Waals surface area contributed by atoms with Gasteiger partial charge in [0.15, 0.2) is 5.78 Å². The molecule has 2 aromatic carbocycles. The zero-order valence-electron chi connectivity index (χ0n) is 20.0. The van der Waals surface area contributed by atoms with Crippen molar-refractivity contribution in [2.45, 2.75) is 59.4 Å². The number of carbonyl (C=O) groups is 2. The number of nitrogens with one attached hydrogen (secondary N) is 1. The fourth-order valence-electron chi connectivity index (χ4n) is 5.14. The molecule has 0 radical (unpaired) electrons. The van der Waals surface area contributed by atoms with Crippen molar-refractivity contribution in [1.29, 1.82) is 0 Å². The molecule has 1 heterocycles. The van der Waals surface area contributed by atoms with Crippen LogP contribution in [0, 0.1) is 19.8 Å². The average Bonchev–Trinajstić information content (AvgIpc) is 2.77. The third kappa shape index (κ3) is 6.52. The molecule has 4 heteroatoms. The summed E-state index contributed by atoms with van der Waals surface area (Å²) in [6.07, 6.45) is 4.45. The Morgan fingerprint density at radius 3 is 2.44 bits per heavy atom. The highest BCUT2D eigenvalue weighted by atomic mass is 16.2. The second kappa shape index (κ2) is 11.4. The predicted octanol–water partition coefficient (Wildman–Crippen LogP) is 4.76. The van der Waals surface area contributed by atoms with Gasteiger partial charge in [-0.05, 0) is 49.8 Å². The van der Waals surface area contributed by atoms with Crippen molar-refractivity contribution in [3.8, 4) is 0 Å². The topological polar surface area (TPSA) is 46.2 Å². The van der Waals surface area contributed by atoms with E-state index in [1.807, 2.05) is 6.07 Å². The van der Waals surface area contributed by atoms with Crippen molar-refractivity contribution >= 4 is 11.7 Å². The second-order valence-electron chi connectivity index (χ2n) is 9.62. The summed E-state index contributed by atoms with van der Waals surface area (Å²) in [6.45, 7) is 10.0. The number of hydrogen-bond donors (Lipinski definition) is 1. The largest absolute Gasteiger partial charge is 0.356 e. The molecule has 1 aliphatic heterocycles. The van der Waals surface area contributed by atoms with E-state index in [0.29, 0.717) is 17.4 Å². The van der Waals surface area contributed by atoms with Gasteiger partial charge in [-0.25, -0.2) is 0 Å². The van der Waals surface area contributed by atoms with Gasteiger partial charge in [-0.3, -0.25) is 9.59 Å². The zero-order valence-corrected chi connectivity index (χ0v) is 20.0. The van der Waals surface area contributed by atoms with Gasteiger partial charge in [0.2, 0.25) is 5.91 Å². The van der Waals surface area contributed by atoms with Crippen molar-refractivity contribution in [1.82, 2.24) is 5.32 Å². The molecular weight excluding hydrogens is 396 g/mol. The number of amides is 1. The Morgan fingerprint density at radius 1 is 1.03 bits per heavy atom. The van der Waals surface area contributed by atoms with Crippen LogP contribution >= 0.6 is 0 Å². The van der Waals surface area contributed by atoms with Crippen LogP contribution < -0.4 is 5.32 Å². The molecule has 3 rings (SSSR count). The van der Waals surface area contributed by atoms with E-state index in [4.69, 9.17) is 0 Å². The van der Waals surface area contributed by atoms with E-state index in [0.717, 1.165) is 57.4 Å². The number of aryl methyl sites for hydroxylation is 2. The van der Waals surface area contributed by atoms with E-state index in [2.05, 4.69) is 68.6 Å². The Hall–Kier alpha value is -2.46. The minimum absolute atomic E-state index is 0.0164. The van der Waals surface area contributed by atoms with E-state index in [9.17, 15) is 9.59 Å². The molecule has 32 heavy (non-hydrogen) atoms. The first-order valence-corrected chi connectivity index (χ1v) is 12.2. The summed E-state index contributed by atoms with van der Waals surface area (Å²) in [5.41, 5.74) is 4.75. The lowest BCUT2D eigenvalue weighted by atomic mass is 9.92. The molecule has 0 aromatic heterocycles. The predicted molar refractivity (Wildman–Crippen MR) is 130 cm³/mol. The van der Waals surface area contributed by atoms with Crippen LogP contribution in [0.1, 0.15) is 54.9 Å². The highest BCUT2D eigenvalue weighted by molar-refractivity contribution is 5.83. The van der Waals surface area contributed by atoms with E-state index < -0.39 is 0 Å². The Morgan fingerprint density at radius 2 is 1.75 bits per heavy atom. The number of unbranched alkanes of at least 4 members (excludes halogenated alkanes) is 1. The normalized spacial score (nSPS) is 20.7. The lowest BCUT2D eigenvalue weighted by Gasteiger charge is -2.44. The van der Waals surface area contributed by atoms with Gasteiger partial charge in [-0.1, -0.05) is 61.9 Å². The smallest absolute Gasteiger partial charge is 0.228 e. The Kier molecular flexibility index (Phi) is 8.63. The molecule has 2 unspecified atom stereocenters. The summed E-state index contributed by atoms with van der Waals surface area (Å²) in [4.78, 5) is 26.2. The molecule has 1 amide bonds. The maximum atomic E-state index is 13.4. The van der Waals surface area contributed by atoms with Gasteiger partial charge in [-0.15, -0.1) is 0 Å². The molecule has 1 saturated heterocycles. The fraction of sp³-hybridized carbons (Fsp3) is 0.500. The minimum Gasteiger partial charge on any atom is -0.356 e. The van der Waals surface area contributed by atoms with Crippen LogP contribution in [-0.2, 0) is 22.6 Å². The number of quaternary nitrogens is 1. The monoisotopic (exact) mass is 435 g/mol. The van der Waals surface area contributed by atoms with Gasteiger partial charge in [0.25, 0.3) is 0 Å². The molecule has 1 N–H and O–H groups in total. The average molecular weight is 436 g/mol. The first kappa shape index (κ1) is 24.2. The Labute approximate surface area is 193 Å². The molecule has 0 aliphatic carbocycles. The molecule has 1 fully saturated rings. The van der Waals surface area contributed by atoms with Crippen LogP contribution in [0.25, 0.3) is 0 Å². The van der Waals surface area contributed by atoms with Gasteiger partial charge in [-0.2, -0.15) is 0 Å². The van der Waals surface area contributed by atoms with Gasteiger partial charge < -0.3 is 9.80 Å². The summed E-state index contributed by atoms with van der Waals surface area (Å²) in [5.74, 6) is 0.415. The third-order valence-corrected chi connectivity index (χ3v) is 6.88. The maximum absolute atomic E-state index is 13.4. The van der Waals surface area contributed by atoms with Crippen LogP contribution in [-0.4, -0.2) is 42.4 Å². The first-order chi connectivity index (χ1) is 15.4. The van der Waals surface area contributed by atoms with Gasteiger partial charge in [0.05, 0.1) is 19.0 Å². The lowest BCUT2D eigenvalue weighted by Crippen LogP contribution is -2.58. The maximum Gasteiger partial charge on any atom is 0.228 e. The standard InChI is InChI=1S/C28H38N2O2/c1-4-5-16-29-28(32)25-15-10-17-30(20-25,19-24-13-7-6-8-14-24)21-26(31)18-27-22(2)11-9-12-23(27)3/h6-9,11-14,25H,4-5,10,15-21H2,1-3H3/p+1. The lowest BCUT2D eigenvalue weighted by molar-refractivity contribution is -0.940. The van der Waals surface area contributed by atoms with E-state index in [-0.39, 0.29) is 17.6 Å². The molecule has 2 atom stereocenters. The van der Waals surface area contributed by atoms with Crippen LogP contribution in [0.4, 0.5) is 0 Å². The van der Waals surface area contributed by atoms with Crippen LogP contribution in [0.2, 0.25) is 0 Å². The van der Waals surface area contributed by atoms with Crippen molar-refractivity contribution in [3.63, 3.8) is 0 Å². The van der Waals surface area contributed by atoms with Crippen LogP contribution in [0.15, 0.2) is 48.5 Å². The third-order valence-electron chi connectivity index (χ3n) is 6.88. The van der Waals surface area contributed by atoms with E-state index >= 15 is 0 Å². The number of carbonyl (C=O) groups excluding carboxylic acids is 2. The number of nitrogens with zero attached hydrogens (tertiary/aromatic N) is 1. The van der Waals surface area contributed by atoms with Crippen molar-refractivity contribution < 1.29 is 14.1 Å². The molecule has 1 aliphatic rings. The van der Waals surface area contributed by atoms with E-state index in [1.54, 1.807) is 0 Å². The van der Waals surface area contributed by atoms with Crippen LogP contribution in [0.5, 0.6) is 0 Å². The molecule has 2 aromatic rings.